The summed E-state index contributed by atoms with van der Waals surface area (Å²) in [5, 5.41) is 6.23. The number of rotatable bonds is 7. The second-order valence-electron chi connectivity index (χ2n) is 7.71. The van der Waals surface area contributed by atoms with Gasteiger partial charge in [-0.3, -0.25) is 14.2 Å². The molecule has 1 saturated heterocycles. The lowest BCUT2D eigenvalue weighted by molar-refractivity contribution is -0.122. The number of hydrogen-bond acceptors (Lipinski definition) is 9. The highest BCUT2D eigenvalue weighted by Gasteiger charge is 2.43. The summed E-state index contributed by atoms with van der Waals surface area (Å²) in [6.07, 6.45) is 6.74. The Hall–Kier alpha value is -3.67. The third-order valence-corrected chi connectivity index (χ3v) is 6.47. The summed E-state index contributed by atoms with van der Waals surface area (Å²) < 4.78 is 16.8. The van der Waals surface area contributed by atoms with E-state index in [4.69, 9.17) is 9.47 Å². The Morgan fingerprint density at radius 2 is 2.00 bits per heavy atom. The number of fused-ring (bicyclic) bond motifs is 1. The van der Waals surface area contributed by atoms with Gasteiger partial charge in [0, 0.05) is 37.5 Å². The maximum Gasteiger partial charge on any atom is 0.248 e. The van der Waals surface area contributed by atoms with E-state index in [0.717, 1.165) is 28.6 Å². The maximum atomic E-state index is 13.1. The fourth-order valence-electron chi connectivity index (χ4n) is 4.10. The van der Waals surface area contributed by atoms with Crippen LogP contribution in [0.15, 0.2) is 36.9 Å². The highest BCUT2D eigenvalue weighted by atomic mass is 32.1. The number of anilines is 1. The number of nitrogens with zero attached hydrogens (tertiary/aromatic N) is 5. The smallest absolute Gasteiger partial charge is 0.248 e. The Bertz CT molecular complexity index is 1150. The van der Waals surface area contributed by atoms with E-state index in [2.05, 4.69) is 25.0 Å². The molecule has 2 amide bonds. The second-order valence-corrected chi connectivity index (χ2v) is 8.44. The van der Waals surface area contributed by atoms with Crippen molar-refractivity contribution in [2.75, 3.05) is 25.3 Å². The number of amides is 2. The van der Waals surface area contributed by atoms with Crippen LogP contribution in [0.25, 0.3) is 5.95 Å². The number of benzene rings is 1. The van der Waals surface area contributed by atoms with E-state index >= 15 is 0 Å². The Balaban J connectivity index is 1.28. The minimum absolute atomic E-state index is 0.137. The first-order valence-electron chi connectivity index (χ1n) is 10.6. The third kappa shape index (κ3) is 4.21. The number of likely N-dealkylation sites (N-methyl/N-ethyl adjacent to an activating group) is 1. The van der Waals surface area contributed by atoms with Gasteiger partial charge in [0.05, 0.1) is 0 Å². The summed E-state index contributed by atoms with van der Waals surface area (Å²) >= 11 is 1.16. The number of ether oxygens (including phenoxy) is 2. The molecule has 0 aliphatic carbocycles. The van der Waals surface area contributed by atoms with Crippen LogP contribution in [0.4, 0.5) is 5.13 Å². The van der Waals surface area contributed by atoms with E-state index in [1.165, 1.54) is 0 Å². The second kappa shape index (κ2) is 9.06. The van der Waals surface area contributed by atoms with Crippen molar-refractivity contribution in [3.8, 4) is 17.4 Å². The van der Waals surface area contributed by atoms with Gasteiger partial charge in [-0.15, -0.1) is 0 Å². The van der Waals surface area contributed by atoms with Crippen molar-refractivity contribution >= 4 is 28.5 Å². The zero-order valence-electron chi connectivity index (χ0n) is 17.9. The molecule has 1 aromatic carbocycles. The number of imidazole rings is 1. The van der Waals surface area contributed by atoms with Crippen molar-refractivity contribution in [2.24, 2.45) is 0 Å². The fraction of sp³-hybridized carbons (Fsp3) is 0.381. The van der Waals surface area contributed by atoms with Gasteiger partial charge < -0.3 is 25.0 Å². The average molecular weight is 470 g/mol. The highest BCUT2D eigenvalue weighted by Crippen LogP contribution is 2.34. The molecule has 4 heterocycles. The van der Waals surface area contributed by atoms with Crippen molar-refractivity contribution < 1.29 is 19.1 Å². The molecule has 0 bridgehead atoms. The first-order valence-corrected chi connectivity index (χ1v) is 11.4. The summed E-state index contributed by atoms with van der Waals surface area (Å²) in [6, 6.07) is 4.77. The summed E-state index contributed by atoms with van der Waals surface area (Å²) in [7, 11) is 1.59. The third-order valence-electron chi connectivity index (χ3n) is 5.75. The number of carbonyl (C=O) groups excluding carboxylic acids is 2. The van der Waals surface area contributed by atoms with Gasteiger partial charge in [0.15, 0.2) is 11.5 Å². The topological polar surface area (TPSA) is 124 Å². The molecule has 1 fully saturated rings. The number of hydrogen-bond donors (Lipinski definition) is 2. The molecule has 2 unspecified atom stereocenters. The predicted octanol–water partition coefficient (Wildman–Crippen LogP) is 0.895. The molecule has 33 heavy (non-hydrogen) atoms. The van der Waals surface area contributed by atoms with E-state index in [0.29, 0.717) is 36.9 Å². The van der Waals surface area contributed by atoms with Crippen molar-refractivity contribution in [3.05, 3.63) is 42.5 Å². The molecule has 12 heteroatoms. The molecule has 0 radical (unpaired) electrons. The molecule has 0 spiro atoms. The van der Waals surface area contributed by atoms with Crippen LogP contribution in [0.1, 0.15) is 18.4 Å². The largest absolute Gasteiger partial charge is 0.454 e. The Kier molecular flexibility index (Phi) is 5.82. The Morgan fingerprint density at radius 1 is 1.18 bits per heavy atom. The molecule has 2 aliphatic rings. The predicted molar refractivity (Wildman–Crippen MR) is 120 cm³/mol. The molecule has 3 aromatic rings. The first kappa shape index (κ1) is 21.2. The monoisotopic (exact) mass is 469 g/mol. The summed E-state index contributed by atoms with van der Waals surface area (Å²) in [5.74, 6) is 1.62. The van der Waals surface area contributed by atoms with Gasteiger partial charge in [0.1, 0.15) is 18.4 Å². The van der Waals surface area contributed by atoms with E-state index in [1.54, 1.807) is 35.2 Å². The van der Waals surface area contributed by atoms with Gasteiger partial charge in [0.2, 0.25) is 29.7 Å². The molecule has 2 aromatic heterocycles. The molecule has 2 atom stereocenters. The minimum atomic E-state index is -0.507. The normalized spacial score (nSPS) is 19.0. The molecule has 2 aliphatic heterocycles. The van der Waals surface area contributed by atoms with E-state index in [-0.39, 0.29) is 18.6 Å². The van der Waals surface area contributed by atoms with Crippen LogP contribution in [0.3, 0.4) is 0 Å². The van der Waals surface area contributed by atoms with Crippen LogP contribution in [0.5, 0.6) is 11.5 Å². The van der Waals surface area contributed by atoms with E-state index in [1.807, 2.05) is 18.2 Å². The quantitative estimate of drug-likeness (QED) is 0.523. The van der Waals surface area contributed by atoms with Crippen molar-refractivity contribution in [3.63, 3.8) is 0 Å². The number of carbonyl (C=O) groups is 2. The lowest BCUT2D eigenvalue weighted by Gasteiger charge is -2.27. The van der Waals surface area contributed by atoms with Gasteiger partial charge in [-0.05, 0) is 37.0 Å². The Morgan fingerprint density at radius 3 is 2.79 bits per heavy atom. The highest BCUT2D eigenvalue weighted by molar-refractivity contribution is 7.09. The molecule has 11 nitrogen and oxygen atoms in total. The number of nitrogens with one attached hydrogen (secondary N) is 2. The average Bonchev–Trinajstić information content (AvgIpc) is 3.62. The van der Waals surface area contributed by atoms with Gasteiger partial charge in [-0.1, -0.05) is 6.07 Å². The summed E-state index contributed by atoms with van der Waals surface area (Å²) in [6.45, 7) is 0.692. The molecular weight excluding hydrogens is 446 g/mol. The Labute approximate surface area is 193 Å². The van der Waals surface area contributed by atoms with Crippen LogP contribution in [-0.4, -0.2) is 63.2 Å². The van der Waals surface area contributed by atoms with Crippen LogP contribution in [0.2, 0.25) is 0 Å². The van der Waals surface area contributed by atoms with Gasteiger partial charge >= 0.3 is 0 Å². The molecule has 172 valence electrons. The van der Waals surface area contributed by atoms with Crippen molar-refractivity contribution in [2.45, 2.75) is 31.3 Å². The fourth-order valence-corrected chi connectivity index (χ4v) is 4.87. The molecule has 2 N–H and O–H groups in total. The van der Waals surface area contributed by atoms with Crippen LogP contribution in [0, 0.1) is 0 Å². The van der Waals surface area contributed by atoms with Crippen LogP contribution >= 0.6 is 11.5 Å². The van der Waals surface area contributed by atoms with E-state index in [9.17, 15) is 9.59 Å². The standard InChI is InChI=1S/C21H23N7O4S/c1-22-18(29)14-3-4-15(28(14)21-25-20(26-33-21)27-9-8-23-11-27)19(30)24-7-6-13-2-5-16-17(10-13)32-12-31-16/h2,5,8-11,14-15H,3-4,6-7,12H2,1H3,(H,22,29)(H,24,30). The molecular formula is C21H23N7O4S. The van der Waals surface area contributed by atoms with Gasteiger partial charge in [-0.2, -0.15) is 9.36 Å². The molecule has 5 rings (SSSR count). The molecule has 0 saturated carbocycles. The van der Waals surface area contributed by atoms with Crippen LogP contribution < -0.4 is 25.0 Å². The van der Waals surface area contributed by atoms with E-state index < -0.39 is 12.1 Å². The lowest BCUT2D eigenvalue weighted by Crippen LogP contribution is -2.50. The minimum Gasteiger partial charge on any atom is -0.454 e. The summed E-state index contributed by atoms with van der Waals surface area (Å²) in [5.41, 5.74) is 1.04. The van der Waals surface area contributed by atoms with Gasteiger partial charge in [0.25, 0.3) is 0 Å². The maximum absolute atomic E-state index is 13.1. The SMILES string of the molecule is CNC(=O)C1CCC(C(=O)NCCc2ccc3c(c2)OCO3)N1c1nc(-n2ccnc2)ns1. The van der Waals surface area contributed by atoms with Crippen LogP contribution in [-0.2, 0) is 16.0 Å². The van der Waals surface area contributed by atoms with Crippen molar-refractivity contribution in [1.29, 1.82) is 0 Å². The lowest BCUT2D eigenvalue weighted by atomic mass is 10.1. The first-order chi connectivity index (χ1) is 16.1. The summed E-state index contributed by atoms with van der Waals surface area (Å²) in [4.78, 5) is 36.0. The van der Waals surface area contributed by atoms with Gasteiger partial charge in [-0.25, -0.2) is 4.98 Å². The number of aromatic nitrogens is 4. The van der Waals surface area contributed by atoms with Crippen molar-refractivity contribution in [1.82, 2.24) is 29.5 Å². The zero-order chi connectivity index (χ0) is 22.8. The zero-order valence-corrected chi connectivity index (χ0v) is 18.7.